The Hall–Kier alpha value is -2.49. The van der Waals surface area contributed by atoms with Crippen LogP contribution in [0.5, 0.6) is 0 Å². The Labute approximate surface area is 124 Å². The Kier molecular flexibility index (Phi) is 4.82. The maximum Gasteiger partial charge on any atom is 0.227 e. The maximum absolute atomic E-state index is 12.0. The number of hydrogen-bond acceptors (Lipinski definition) is 3. The largest absolute Gasteiger partial charge is 0.349 e. The van der Waals surface area contributed by atoms with Crippen molar-refractivity contribution >= 4 is 11.7 Å². The predicted octanol–water partition coefficient (Wildman–Crippen LogP) is 2.56. The lowest BCUT2D eigenvalue weighted by Gasteiger charge is -2.13. The topological polar surface area (TPSA) is 59.1 Å². The highest BCUT2D eigenvalue weighted by molar-refractivity contribution is 5.88. The van der Waals surface area contributed by atoms with Gasteiger partial charge in [0.15, 0.2) is 0 Å². The van der Waals surface area contributed by atoms with Crippen molar-refractivity contribution in [2.45, 2.75) is 19.8 Å². The molecule has 0 saturated heterocycles. The first-order valence-corrected chi connectivity index (χ1v) is 6.86. The minimum atomic E-state index is -0.312. The van der Waals surface area contributed by atoms with Crippen molar-refractivity contribution in [1.29, 1.82) is 0 Å². The van der Waals surface area contributed by atoms with E-state index in [0.717, 1.165) is 16.8 Å². The van der Waals surface area contributed by atoms with Crippen LogP contribution in [0.25, 0.3) is 11.3 Å². The summed E-state index contributed by atoms with van der Waals surface area (Å²) in [5.74, 6) is -0.519. The van der Waals surface area contributed by atoms with Gasteiger partial charge in [0.2, 0.25) is 5.91 Å². The van der Waals surface area contributed by atoms with Gasteiger partial charge in [-0.05, 0) is 37.6 Å². The number of ketones is 1. The van der Waals surface area contributed by atoms with E-state index in [1.165, 1.54) is 6.92 Å². The SMILES string of the molecule is CC(=O)CNC(=O)C(C)c1cccc(-c2ccccn2)c1. The van der Waals surface area contributed by atoms with Gasteiger partial charge in [-0.1, -0.05) is 24.3 Å². The zero-order valence-electron chi connectivity index (χ0n) is 12.2. The number of amides is 1. The standard InChI is InChI=1S/C17H18N2O2/c1-12(20)11-19-17(21)13(2)14-6-5-7-15(10-14)16-8-3-4-9-18-16/h3-10,13H,11H2,1-2H3,(H,19,21). The van der Waals surface area contributed by atoms with Gasteiger partial charge in [-0.15, -0.1) is 0 Å². The fourth-order valence-electron chi connectivity index (χ4n) is 2.02. The van der Waals surface area contributed by atoms with Crippen LogP contribution in [0.1, 0.15) is 25.3 Å². The normalized spacial score (nSPS) is 11.7. The quantitative estimate of drug-likeness (QED) is 0.917. The van der Waals surface area contributed by atoms with E-state index in [-0.39, 0.29) is 24.2 Å². The number of carbonyl (C=O) groups excluding carboxylic acids is 2. The van der Waals surface area contributed by atoms with Crippen LogP contribution in [0, 0.1) is 0 Å². The molecular weight excluding hydrogens is 264 g/mol. The molecule has 0 aliphatic carbocycles. The molecule has 2 rings (SSSR count). The molecule has 1 amide bonds. The lowest BCUT2D eigenvalue weighted by molar-refractivity contribution is -0.125. The van der Waals surface area contributed by atoms with E-state index in [2.05, 4.69) is 10.3 Å². The number of benzene rings is 1. The van der Waals surface area contributed by atoms with Crippen molar-refractivity contribution < 1.29 is 9.59 Å². The van der Waals surface area contributed by atoms with Gasteiger partial charge in [-0.3, -0.25) is 14.6 Å². The highest BCUT2D eigenvalue weighted by Gasteiger charge is 2.15. The highest BCUT2D eigenvalue weighted by Crippen LogP contribution is 2.22. The summed E-state index contributed by atoms with van der Waals surface area (Å²) in [6.07, 6.45) is 1.74. The first-order chi connectivity index (χ1) is 10.1. The first-order valence-electron chi connectivity index (χ1n) is 6.86. The fraction of sp³-hybridized carbons (Fsp3) is 0.235. The summed E-state index contributed by atoms with van der Waals surface area (Å²) < 4.78 is 0. The Morgan fingerprint density at radius 2 is 2.00 bits per heavy atom. The summed E-state index contributed by atoms with van der Waals surface area (Å²) in [6.45, 7) is 3.35. The average molecular weight is 282 g/mol. The van der Waals surface area contributed by atoms with Gasteiger partial charge in [0.1, 0.15) is 5.78 Å². The third-order valence-electron chi connectivity index (χ3n) is 3.25. The van der Waals surface area contributed by atoms with Crippen LogP contribution in [0.2, 0.25) is 0 Å². The maximum atomic E-state index is 12.0. The molecule has 0 bridgehead atoms. The smallest absolute Gasteiger partial charge is 0.227 e. The zero-order valence-corrected chi connectivity index (χ0v) is 12.2. The predicted molar refractivity (Wildman–Crippen MR) is 81.8 cm³/mol. The molecule has 0 aliphatic rings. The molecule has 0 saturated carbocycles. The Morgan fingerprint density at radius 3 is 2.67 bits per heavy atom. The minimum absolute atomic E-state index is 0.0576. The summed E-state index contributed by atoms with van der Waals surface area (Å²) in [5.41, 5.74) is 2.74. The van der Waals surface area contributed by atoms with Gasteiger partial charge in [-0.2, -0.15) is 0 Å². The van der Waals surface area contributed by atoms with Crippen LogP contribution in [-0.2, 0) is 9.59 Å². The minimum Gasteiger partial charge on any atom is -0.349 e. The molecule has 1 unspecified atom stereocenters. The van der Waals surface area contributed by atoms with E-state index in [1.807, 2.05) is 49.4 Å². The van der Waals surface area contributed by atoms with Gasteiger partial charge < -0.3 is 5.32 Å². The van der Waals surface area contributed by atoms with E-state index in [9.17, 15) is 9.59 Å². The molecule has 0 fully saturated rings. The van der Waals surface area contributed by atoms with Crippen LogP contribution in [0.15, 0.2) is 48.7 Å². The molecule has 1 aromatic heterocycles. The van der Waals surface area contributed by atoms with Crippen molar-refractivity contribution in [3.63, 3.8) is 0 Å². The average Bonchev–Trinajstić information content (AvgIpc) is 2.52. The summed E-state index contributed by atoms with van der Waals surface area (Å²) in [4.78, 5) is 27.2. The molecule has 1 aromatic carbocycles. The number of hydrogen-bond donors (Lipinski definition) is 1. The number of Topliss-reactive ketones (excluding diaryl/α,β-unsaturated/α-hetero) is 1. The van der Waals surface area contributed by atoms with Gasteiger partial charge in [0.05, 0.1) is 18.2 Å². The molecule has 0 spiro atoms. The Balaban J connectivity index is 2.17. The first kappa shape index (κ1) is 14.9. The second-order valence-electron chi connectivity index (χ2n) is 4.98. The number of nitrogens with zero attached hydrogens (tertiary/aromatic N) is 1. The third kappa shape index (κ3) is 3.99. The lowest BCUT2D eigenvalue weighted by atomic mass is 9.97. The molecule has 2 aromatic rings. The van der Waals surface area contributed by atoms with Gasteiger partial charge in [0, 0.05) is 11.8 Å². The van der Waals surface area contributed by atoms with Crippen LogP contribution in [0.4, 0.5) is 0 Å². The van der Waals surface area contributed by atoms with Gasteiger partial charge in [0.25, 0.3) is 0 Å². The summed E-state index contributed by atoms with van der Waals surface area (Å²) in [7, 11) is 0. The van der Waals surface area contributed by atoms with Crippen molar-refractivity contribution in [2.24, 2.45) is 0 Å². The van der Waals surface area contributed by atoms with Crippen molar-refractivity contribution in [3.05, 3.63) is 54.2 Å². The summed E-state index contributed by atoms with van der Waals surface area (Å²) >= 11 is 0. The molecule has 1 atom stereocenters. The number of pyridine rings is 1. The Morgan fingerprint density at radius 1 is 1.19 bits per heavy atom. The van der Waals surface area contributed by atoms with Crippen molar-refractivity contribution in [2.75, 3.05) is 6.54 Å². The van der Waals surface area contributed by atoms with E-state index in [0.29, 0.717) is 0 Å². The van der Waals surface area contributed by atoms with Crippen LogP contribution in [0.3, 0.4) is 0 Å². The van der Waals surface area contributed by atoms with Gasteiger partial charge in [-0.25, -0.2) is 0 Å². The number of carbonyl (C=O) groups is 2. The number of rotatable bonds is 5. The molecule has 108 valence electrons. The zero-order chi connectivity index (χ0) is 15.2. The van der Waals surface area contributed by atoms with Crippen molar-refractivity contribution in [3.8, 4) is 11.3 Å². The van der Waals surface area contributed by atoms with Crippen molar-refractivity contribution in [1.82, 2.24) is 10.3 Å². The fourth-order valence-corrected chi connectivity index (χ4v) is 2.02. The molecular formula is C17H18N2O2. The molecule has 1 heterocycles. The highest BCUT2D eigenvalue weighted by atomic mass is 16.2. The van der Waals surface area contributed by atoms with Crippen LogP contribution in [-0.4, -0.2) is 23.2 Å². The lowest BCUT2D eigenvalue weighted by Crippen LogP contribution is -2.31. The number of aromatic nitrogens is 1. The summed E-state index contributed by atoms with van der Waals surface area (Å²) in [5, 5.41) is 2.64. The summed E-state index contributed by atoms with van der Waals surface area (Å²) in [6, 6.07) is 13.5. The monoisotopic (exact) mass is 282 g/mol. The Bertz CT molecular complexity index is 638. The molecule has 0 radical (unpaired) electrons. The van der Waals surface area contributed by atoms with Gasteiger partial charge >= 0.3 is 0 Å². The number of nitrogens with one attached hydrogen (secondary N) is 1. The molecule has 21 heavy (non-hydrogen) atoms. The van der Waals surface area contributed by atoms with E-state index < -0.39 is 0 Å². The van der Waals surface area contributed by atoms with E-state index >= 15 is 0 Å². The molecule has 0 aliphatic heterocycles. The molecule has 1 N–H and O–H groups in total. The third-order valence-corrected chi connectivity index (χ3v) is 3.25. The van der Waals surface area contributed by atoms with E-state index in [4.69, 9.17) is 0 Å². The van der Waals surface area contributed by atoms with Crippen LogP contribution >= 0.6 is 0 Å². The van der Waals surface area contributed by atoms with Crippen LogP contribution < -0.4 is 5.32 Å². The molecule has 4 heteroatoms. The second kappa shape index (κ2) is 6.79. The van der Waals surface area contributed by atoms with E-state index in [1.54, 1.807) is 6.20 Å². The molecule has 4 nitrogen and oxygen atoms in total. The second-order valence-corrected chi connectivity index (χ2v) is 4.98.